The lowest BCUT2D eigenvalue weighted by Gasteiger charge is -2.32. The molecular weight excluding hydrogens is 412 g/mol. The molecule has 32 heavy (non-hydrogen) atoms. The zero-order valence-electron chi connectivity index (χ0n) is 19.6. The van der Waals surface area contributed by atoms with Crippen molar-refractivity contribution in [3.63, 3.8) is 0 Å². The maximum Gasteiger partial charge on any atom is 0.305 e. The molecule has 0 N–H and O–H groups in total. The third-order valence-electron chi connectivity index (χ3n) is 5.28. The average molecular weight is 449 g/mol. The molecule has 7 nitrogen and oxygen atoms in total. The van der Waals surface area contributed by atoms with Gasteiger partial charge in [0.1, 0.15) is 11.7 Å². The monoisotopic (exact) mass is 448 g/mol. The maximum absolute atomic E-state index is 12.6. The summed E-state index contributed by atoms with van der Waals surface area (Å²) in [6.45, 7) is 4.77. The minimum Gasteiger partial charge on any atom is -0.469 e. The molecule has 1 aliphatic carbocycles. The summed E-state index contributed by atoms with van der Waals surface area (Å²) in [4.78, 5) is 47.2. The zero-order chi connectivity index (χ0) is 24.0. The summed E-state index contributed by atoms with van der Waals surface area (Å²) in [6, 6.07) is 0. The molecular formula is C25H36O7. The van der Waals surface area contributed by atoms with E-state index in [4.69, 9.17) is 9.47 Å². The number of esters is 3. The lowest BCUT2D eigenvalue weighted by Crippen LogP contribution is -2.40. The van der Waals surface area contributed by atoms with Crippen molar-refractivity contribution < 1.29 is 33.4 Å². The maximum atomic E-state index is 12.6. The Morgan fingerprint density at radius 3 is 2.50 bits per heavy atom. The van der Waals surface area contributed by atoms with Crippen molar-refractivity contribution in [2.75, 3.05) is 7.11 Å². The Kier molecular flexibility index (Phi) is 12.3. The van der Waals surface area contributed by atoms with Crippen LogP contribution in [0.15, 0.2) is 36.5 Å². The van der Waals surface area contributed by atoms with Crippen LogP contribution in [-0.4, -0.2) is 42.5 Å². The fourth-order valence-corrected chi connectivity index (χ4v) is 3.67. The first-order chi connectivity index (χ1) is 15.2. The van der Waals surface area contributed by atoms with Gasteiger partial charge >= 0.3 is 17.9 Å². The molecule has 0 aliphatic heterocycles. The van der Waals surface area contributed by atoms with E-state index in [9.17, 15) is 19.2 Å². The van der Waals surface area contributed by atoms with Gasteiger partial charge in [-0.3, -0.25) is 19.2 Å². The highest BCUT2D eigenvalue weighted by Gasteiger charge is 2.45. The number of hydrogen-bond donors (Lipinski definition) is 0. The molecule has 0 radical (unpaired) electrons. The Hall–Kier alpha value is -2.70. The molecule has 0 amide bonds. The van der Waals surface area contributed by atoms with E-state index in [2.05, 4.69) is 17.7 Å². The first-order valence-corrected chi connectivity index (χ1v) is 11.2. The van der Waals surface area contributed by atoms with Crippen LogP contribution >= 0.6 is 0 Å². The Morgan fingerprint density at radius 2 is 1.88 bits per heavy atom. The van der Waals surface area contributed by atoms with E-state index in [-0.39, 0.29) is 18.6 Å². The molecule has 1 rings (SSSR count). The van der Waals surface area contributed by atoms with Crippen molar-refractivity contribution in [1.82, 2.24) is 0 Å². The van der Waals surface area contributed by atoms with Gasteiger partial charge in [0.15, 0.2) is 5.78 Å². The van der Waals surface area contributed by atoms with Crippen molar-refractivity contribution in [3.05, 3.63) is 36.5 Å². The molecule has 0 bridgehead atoms. The largest absolute Gasteiger partial charge is 0.469 e. The minimum absolute atomic E-state index is 0.100. The van der Waals surface area contributed by atoms with Gasteiger partial charge in [0.05, 0.1) is 13.0 Å². The molecule has 1 unspecified atom stereocenters. The van der Waals surface area contributed by atoms with E-state index in [1.54, 1.807) is 18.2 Å². The third kappa shape index (κ3) is 9.62. The van der Waals surface area contributed by atoms with Crippen molar-refractivity contribution in [1.29, 1.82) is 0 Å². The first kappa shape index (κ1) is 27.3. The molecule has 178 valence electrons. The highest BCUT2D eigenvalue weighted by molar-refractivity contribution is 5.96. The second-order valence-electron chi connectivity index (χ2n) is 7.93. The van der Waals surface area contributed by atoms with E-state index in [0.29, 0.717) is 12.8 Å². The number of carbonyl (C=O) groups is 4. The van der Waals surface area contributed by atoms with Gasteiger partial charge in [0, 0.05) is 26.7 Å². The van der Waals surface area contributed by atoms with Gasteiger partial charge < -0.3 is 14.2 Å². The van der Waals surface area contributed by atoms with Crippen LogP contribution in [0.3, 0.4) is 0 Å². The molecule has 0 aromatic carbocycles. The average Bonchev–Trinajstić information content (AvgIpc) is 3.03. The zero-order valence-corrected chi connectivity index (χ0v) is 19.6. The summed E-state index contributed by atoms with van der Waals surface area (Å²) in [5.41, 5.74) is -1.03. The van der Waals surface area contributed by atoms with E-state index < -0.39 is 35.5 Å². The van der Waals surface area contributed by atoms with Gasteiger partial charge in [-0.1, -0.05) is 38.0 Å². The Bertz CT molecular complexity index is 735. The Morgan fingerprint density at radius 1 is 1.12 bits per heavy atom. The number of ketones is 1. The fourth-order valence-electron chi connectivity index (χ4n) is 3.67. The van der Waals surface area contributed by atoms with Gasteiger partial charge in [0.2, 0.25) is 0 Å². The molecule has 0 saturated carbocycles. The van der Waals surface area contributed by atoms with E-state index in [1.807, 2.05) is 6.08 Å². The van der Waals surface area contributed by atoms with Crippen LogP contribution in [0.5, 0.6) is 0 Å². The van der Waals surface area contributed by atoms with Crippen molar-refractivity contribution >= 4 is 23.7 Å². The molecule has 0 spiro atoms. The smallest absolute Gasteiger partial charge is 0.305 e. The van der Waals surface area contributed by atoms with Gasteiger partial charge in [-0.15, -0.1) is 0 Å². The Labute approximate surface area is 190 Å². The topological polar surface area (TPSA) is 96.0 Å². The van der Waals surface area contributed by atoms with E-state index in [0.717, 1.165) is 25.7 Å². The summed E-state index contributed by atoms with van der Waals surface area (Å²) in [5, 5.41) is 0. The molecule has 0 heterocycles. The van der Waals surface area contributed by atoms with Crippen molar-refractivity contribution in [2.45, 2.75) is 83.8 Å². The van der Waals surface area contributed by atoms with E-state index in [1.165, 1.54) is 27.0 Å². The van der Waals surface area contributed by atoms with Crippen LogP contribution in [0.2, 0.25) is 0 Å². The summed E-state index contributed by atoms with van der Waals surface area (Å²) >= 11 is 0. The van der Waals surface area contributed by atoms with Crippen LogP contribution in [-0.2, 0) is 33.4 Å². The number of unbranched alkanes of at least 4 members (excludes halogenated alkanes) is 3. The highest BCUT2D eigenvalue weighted by atomic mass is 16.6. The quantitative estimate of drug-likeness (QED) is 0.168. The van der Waals surface area contributed by atoms with Crippen molar-refractivity contribution in [2.24, 2.45) is 5.92 Å². The summed E-state index contributed by atoms with van der Waals surface area (Å²) in [7, 11) is 1.30. The molecule has 0 aromatic rings. The predicted molar refractivity (Wildman–Crippen MR) is 121 cm³/mol. The number of ether oxygens (including phenoxy) is 3. The van der Waals surface area contributed by atoms with Gasteiger partial charge in [-0.25, -0.2) is 0 Å². The summed E-state index contributed by atoms with van der Waals surface area (Å²) in [5.74, 6) is -2.00. The predicted octanol–water partition coefficient (Wildman–Crippen LogP) is 4.40. The van der Waals surface area contributed by atoms with Crippen LogP contribution in [0.4, 0.5) is 0 Å². The Balaban J connectivity index is 2.89. The molecule has 0 saturated heterocycles. The van der Waals surface area contributed by atoms with Crippen molar-refractivity contribution in [3.8, 4) is 0 Å². The summed E-state index contributed by atoms with van der Waals surface area (Å²) in [6.07, 6.45) is 15.4. The lowest BCUT2D eigenvalue weighted by atomic mass is 9.83. The second kappa shape index (κ2) is 14.4. The number of hydrogen-bond acceptors (Lipinski definition) is 7. The normalized spacial score (nSPS) is 21.2. The van der Waals surface area contributed by atoms with Crippen LogP contribution in [0.25, 0.3) is 0 Å². The lowest BCUT2D eigenvalue weighted by molar-refractivity contribution is -0.157. The minimum atomic E-state index is -1.03. The number of methoxy groups -OCH3 is 1. The second-order valence-corrected chi connectivity index (χ2v) is 7.93. The molecule has 3 atom stereocenters. The molecule has 7 heteroatoms. The fraction of sp³-hybridized carbons (Fsp3) is 0.600. The van der Waals surface area contributed by atoms with E-state index >= 15 is 0 Å². The highest BCUT2D eigenvalue weighted by Crippen LogP contribution is 2.37. The first-order valence-electron chi connectivity index (χ1n) is 11.2. The standard InChI is InChI=1S/C25H36O7/c1-5-6-7-8-9-10-17-25(32-20(3)27)18-16-23(28)22(25)13-11-12-21(31-19(2)26)14-15-24(29)30-4/h9-12,16,18,21-22H,5-8,13-15,17H2,1-4H3/b10-9-,12-11-/t21?,22-,25+/m1/s1. The molecule has 0 aromatic heterocycles. The van der Waals surface area contributed by atoms with Crippen LogP contribution < -0.4 is 0 Å². The number of allylic oxidation sites excluding steroid dienone is 3. The number of carbonyl (C=O) groups excluding carboxylic acids is 4. The summed E-state index contributed by atoms with van der Waals surface area (Å²) < 4.78 is 15.5. The molecule has 1 aliphatic rings. The van der Waals surface area contributed by atoms with Crippen LogP contribution in [0.1, 0.15) is 72.1 Å². The van der Waals surface area contributed by atoms with Gasteiger partial charge in [0.25, 0.3) is 0 Å². The van der Waals surface area contributed by atoms with Crippen LogP contribution in [0, 0.1) is 5.92 Å². The third-order valence-corrected chi connectivity index (χ3v) is 5.28. The van der Waals surface area contributed by atoms with Gasteiger partial charge in [-0.2, -0.15) is 0 Å². The molecule has 0 fully saturated rings. The number of rotatable bonds is 14. The van der Waals surface area contributed by atoms with Gasteiger partial charge in [-0.05, 0) is 43.9 Å². The SMILES string of the molecule is CCCCC/C=C\C[C@]1(OC(C)=O)C=CC(=O)[C@H]1C/C=C\C(CCC(=O)OC)OC(C)=O.